The number of halogens is 4. The van der Waals surface area contributed by atoms with Gasteiger partial charge in [-0.2, -0.15) is 0 Å². The summed E-state index contributed by atoms with van der Waals surface area (Å²) in [7, 11) is 0. The Labute approximate surface area is 164 Å². The molecule has 2 rings (SSSR count). The number of carbonyl (C=O) groups excluding carboxylic acids is 1. The molecule has 0 unspecified atom stereocenters. The second-order valence-electron chi connectivity index (χ2n) is 6.54. The number of hydrogen-bond acceptors (Lipinski definition) is 5. The van der Waals surface area contributed by atoms with Crippen LogP contribution in [-0.2, 0) is 16.6 Å². The van der Waals surface area contributed by atoms with Crippen molar-refractivity contribution in [1.29, 1.82) is 0 Å². The number of nitrogens with one attached hydrogen (secondary N) is 1. The van der Waals surface area contributed by atoms with E-state index in [-0.39, 0.29) is 42.0 Å². The molecule has 0 aliphatic rings. The molecule has 0 aliphatic heterocycles. The van der Waals surface area contributed by atoms with Crippen molar-refractivity contribution in [3.8, 4) is 5.75 Å². The van der Waals surface area contributed by atoms with E-state index in [9.17, 15) is 18.0 Å². The lowest BCUT2D eigenvalue weighted by molar-refractivity contribution is -0.122. The lowest BCUT2D eigenvalue weighted by Gasteiger charge is -2.17. The van der Waals surface area contributed by atoms with Crippen LogP contribution in [0.15, 0.2) is 34.9 Å². The molecule has 1 heterocycles. The van der Waals surface area contributed by atoms with E-state index in [4.69, 9.17) is 20.8 Å². The van der Waals surface area contributed by atoms with Crippen LogP contribution >= 0.6 is 11.6 Å². The topological polar surface area (TPSA) is 77.3 Å². The van der Waals surface area contributed by atoms with Gasteiger partial charge < -0.3 is 14.5 Å². The van der Waals surface area contributed by atoms with Gasteiger partial charge in [0, 0.05) is 18.2 Å². The van der Waals surface area contributed by atoms with Crippen molar-refractivity contribution in [2.75, 3.05) is 6.61 Å². The van der Waals surface area contributed by atoms with Gasteiger partial charge in [0.05, 0.1) is 5.02 Å². The van der Waals surface area contributed by atoms with Crippen molar-refractivity contribution < 1.29 is 27.1 Å². The molecule has 0 fully saturated rings. The SMILES string of the molecule is C=C(CCc1nnc(C(C)(C)C(F)F)o1)NC(=O)COc1ccc(Cl)c(F)c1. The monoisotopic (exact) mass is 417 g/mol. The second-order valence-corrected chi connectivity index (χ2v) is 6.95. The number of benzene rings is 1. The van der Waals surface area contributed by atoms with Gasteiger partial charge in [-0.1, -0.05) is 18.2 Å². The van der Waals surface area contributed by atoms with Crippen LogP contribution in [0.5, 0.6) is 5.75 Å². The number of hydrogen-bond donors (Lipinski definition) is 1. The highest BCUT2D eigenvalue weighted by Crippen LogP contribution is 2.29. The minimum atomic E-state index is -2.65. The summed E-state index contributed by atoms with van der Waals surface area (Å²) in [5.41, 5.74) is -1.20. The van der Waals surface area contributed by atoms with Crippen LogP contribution in [0, 0.1) is 5.82 Å². The standard InChI is InChI=1S/C18H19ClF3N3O3/c1-10(4-7-15-24-25-17(28-15)18(2,3)16(21)22)23-14(26)9-27-11-5-6-12(19)13(20)8-11/h5-6,8,16H,1,4,7,9H2,2-3H3,(H,23,26). The van der Waals surface area contributed by atoms with Crippen LogP contribution < -0.4 is 10.1 Å². The lowest BCUT2D eigenvalue weighted by Crippen LogP contribution is -2.28. The van der Waals surface area contributed by atoms with Gasteiger partial charge in [0.25, 0.3) is 12.3 Å². The van der Waals surface area contributed by atoms with E-state index >= 15 is 0 Å². The van der Waals surface area contributed by atoms with Crippen molar-refractivity contribution in [1.82, 2.24) is 15.5 Å². The third-order valence-electron chi connectivity index (χ3n) is 3.78. The molecule has 0 radical (unpaired) electrons. The first-order chi connectivity index (χ1) is 13.1. The van der Waals surface area contributed by atoms with E-state index in [0.717, 1.165) is 6.07 Å². The molecule has 0 bridgehead atoms. The fraction of sp³-hybridized carbons (Fsp3) is 0.389. The van der Waals surface area contributed by atoms with Gasteiger partial charge in [-0.25, -0.2) is 13.2 Å². The molecule has 10 heteroatoms. The molecule has 0 saturated heterocycles. The smallest absolute Gasteiger partial charge is 0.262 e. The number of aromatic nitrogens is 2. The van der Waals surface area contributed by atoms with E-state index in [2.05, 4.69) is 22.1 Å². The molecule has 152 valence electrons. The number of allylic oxidation sites excluding steroid dienone is 1. The average Bonchev–Trinajstić information content (AvgIpc) is 3.10. The van der Waals surface area contributed by atoms with Crippen LogP contribution in [0.3, 0.4) is 0 Å². The first kappa shape index (κ1) is 21.7. The molecule has 28 heavy (non-hydrogen) atoms. The molecule has 1 N–H and O–H groups in total. The fourth-order valence-corrected chi connectivity index (χ4v) is 2.10. The Kier molecular flexibility index (Phi) is 7.06. The van der Waals surface area contributed by atoms with Crippen molar-refractivity contribution in [2.24, 2.45) is 0 Å². The highest BCUT2D eigenvalue weighted by molar-refractivity contribution is 6.30. The zero-order valence-electron chi connectivity index (χ0n) is 15.3. The molecule has 1 amide bonds. The number of rotatable bonds is 9. The maximum Gasteiger partial charge on any atom is 0.262 e. The minimum Gasteiger partial charge on any atom is -0.484 e. The van der Waals surface area contributed by atoms with Crippen molar-refractivity contribution >= 4 is 17.5 Å². The number of carbonyl (C=O) groups is 1. The predicted octanol–water partition coefficient (Wildman–Crippen LogP) is 4.05. The van der Waals surface area contributed by atoms with Crippen LogP contribution in [0.4, 0.5) is 13.2 Å². The maximum atomic E-state index is 13.3. The Balaban J connectivity index is 1.78. The molecule has 0 saturated carbocycles. The summed E-state index contributed by atoms with van der Waals surface area (Å²) in [5.74, 6) is -0.992. The molecular formula is C18H19ClF3N3O3. The summed E-state index contributed by atoms with van der Waals surface area (Å²) in [6, 6.07) is 3.82. The number of nitrogens with zero attached hydrogens (tertiary/aromatic N) is 2. The maximum absolute atomic E-state index is 13.3. The zero-order chi connectivity index (χ0) is 20.9. The predicted molar refractivity (Wildman–Crippen MR) is 95.8 cm³/mol. The van der Waals surface area contributed by atoms with E-state index in [1.54, 1.807) is 0 Å². The molecule has 2 aromatic rings. The number of alkyl halides is 2. The lowest BCUT2D eigenvalue weighted by atomic mass is 9.94. The Bertz CT molecular complexity index is 856. The van der Waals surface area contributed by atoms with E-state index in [1.165, 1.54) is 26.0 Å². The van der Waals surface area contributed by atoms with Gasteiger partial charge in [0.2, 0.25) is 11.8 Å². The van der Waals surface area contributed by atoms with Gasteiger partial charge >= 0.3 is 0 Å². The van der Waals surface area contributed by atoms with Crippen LogP contribution in [0.1, 0.15) is 32.0 Å². The van der Waals surface area contributed by atoms with Crippen molar-refractivity contribution in [3.63, 3.8) is 0 Å². The minimum absolute atomic E-state index is 0.0497. The number of ether oxygens (including phenoxy) is 1. The summed E-state index contributed by atoms with van der Waals surface area (Å²) >= 11 is 5.56. The third kappa shape index (κ3) is 5.72. The summed E-state index contributed by atoms with van der Waals surface area (Å²) in [4.78, 5) is 11.8. The van der Waals surface area contributed by atoms with Gasteiger partial charge in [-0.05, 0) is 32.4 Å². The van der Waals surface area contributed by atoms with Crippen LogP contribution in [0.25, 0.3) is 0 Å². The molecule has 1 aromatic heterocycles. The summed E-state index contributed by atoms with van der Waals surface area (Å²) in [6.07, 6.45) is -2.17. The second kappa shape index (κ2) is 9.09. The zero-order valence-corrected chi connectivity index (χ0v) is 16.0. The Morgan fingerprint density at radius 3 is 2.75 bits per heavy atom. The quantitative estimate of drug-likeness (QED) is 0.666. The first-order valence-electron chi connectivity index (χ1n) is 8.26. The van der Waals surface area contributed by atoms with Crippen molar-refractivity contribution in [3.05, 3.63) is 53.1 Å². The average molecular weight is 418 g/mol. The molecule has 0 spiro atoms. The van der Waals surface area contributed by atoms with Gasteiger partial charge in [-0.3, -0.25) is 4.79 Å². The summed E-state index contributed by atoms with van der Waals surface area (Å²) in [6.45, 7) is 5.96. The molecule has 1 aromatic carbocycles. The number of aryl methyl sites for hydroxylation is 1. The van der Waals surface area contributed by atoms with E-state index < -0.39 is 23.6 Å². The largest absolute Gasteiger partial charge is 0.484 e. The van der Waals surface area contributed by atoms with E-state index in [0.29, 0.717) is 5.70 Å². The molecule has 0 atom stereocenters. The molecule has 0 aliphatic carbocycles. The Morgan fingerprint density at radius 2 is 2.11 bits per heavy atom. The normalized spacial score (nSPS) is 11.5. The van der Waals surface area contributed by atoms with Crippen LogP contribution in [0.2, 0.25) is 5.02 Å². The van der Waals surface area contributed by atoms with E-state index in [1.807, 2.05) is 0 Å². The summed E-state index contributed by atoms with van der Waals surface area (Å²) in [5, 5.41) is 9.85. The van der Waals surface area contributed by atoms with Gasteiger partial charge in [0.15, 0.2) is 6.61 Å². The Morgan fingerprint density at radius 1 is 1.39 bits per heavy atom. The van der Waals surface area contributed by atoms with Gasteiger partial charge in [-0.15, -0.1) is 10.2 Å². The first-order valence-corrected chi connectivity index (χ1v) is 8.64. The van der Waals surface area contributed by atoms with Gasteiger partial charge in [0.1, 0.15) is 17.0 Å². The molecular weight excluding hydrogens is 399 g/mol. The summed E-state index contributed by atoms with van der Waals surface area (Å²) < 4.78 is 49.7. The fourth-order valence-electron chi connectivity index (χ4n) is 1.98. The highest BCUT2D eigenvalue weighted by atomic mass is 35.5. The van der Waals surface area contributed by atoms with Crippen LogP contribution in [-0.4, -0.2) is 29.1 Å². The Hall–Kier alpha value is -2.55. The third-order valence-corrected chi connectivity index (χ3v) is 4.09. The highest BCUT2D eigenvalue weighted by Gasteiger charge is 2.37. The molecule has 6 nitrogen and oxygen atoms in total. The van der Waals surface area contributed by atoms with Crippen molar-refractivity contribution in [2.45, 2.75) is 38.5 Å². The number of amides is 1.